The van der Waals surface area contributed by atoms with Crippen molar-refractivity contribution in [2.24, 2.45) is 5.92 Å². The Kier molecular flexibility index (Phi) is 6.05. The van der Waals surface area contributed by atoms with Gasteiger partial charge in [0.2, 0.25) is 0 Å². The molecule has 0 saturated heterocycles. The van der Waals surface area contributed by atoms with Crippen molar-refractivity contribution in [1.29, 1.82) is 0 Å². The normalized spacial score (nSPS) is 18.2. The highest BCUT2D eigenvalue weighted by molar-refractivity contribution is 5.15. The summed E-state index contributed by atoms with van der Waals surface area (Å²) in [5.74, 6) is 0.725. The number of unbranched alkanes of at least 4 members (excludes halogenated alkanes) is 1. The van der Waals surface area contributed by atoms with E-state index < -0.39 is 0 Å². The Morgan fingerprint density at radius 3 is 2.26 bits per heavy atom. The summed E-state index contributed by atoms with van der Waals surface area (Å²) in [6, 6.07) is 21.7. The molecule has 1 aliphatic heterocycles. The first-order valence-electron chi connectivity index (χ1n) is 8.87. The highest BCUT2D eigenvalue weighted by Crippen LogP contribution is 2.19. The second-order valence-corrected chi connectivity index (χ2v) is 6.60. The Bertz CT molecular complexity index is 588. The molecule has 0 unspecified atom stereocenters. The standard InChI is InChI=1S/C22H27N/c1-3-10-20(11-4-1)12-7-8-15-22-16-9-17-23(19-22)18-21-13-5-2-6-14-21/h1-6,9-11,13-14,16,22H,7-8,12,15,17-19H2/t22-/m1/s1. The molecule has 0 saturated carbocycles. The molecule has 0 spiro atoms. The number of aryl methyl sites for hydroxylation is 1. The van der Waals surface area contributed by atoms with Crippen molar-refractivity contribution in [2.45, 2.75) is 32.2 Å². The Morgan fingerprint density at radius 1 is 0.826 bits per heavy atom. The summed E-state index contributed by atoms with van der Waals surface area (Å²) in [7, 11) is 0. The molecule has 2 aromatic rings. The summed E-state index contributed by atoms with van der Waals surface area (Å²) >= 11 is 0. The van der Waals surface area contributed by atoms with E-state index in [0.29, 0.717) is 0 Å². The lowest BCUT2D eigenvalue weighted by Gasteiger charge is -2.29. The van der Waals surface area contributed by atoms with Gasteiger partial charge in [-0.05, 0) is 36.3 Å². The van der Waals surface area contributed by atoms with Gasteiger partial charge in [-0.3, -0.25) is 4.90 Å². The number of hydrogen-bond acceptors (Lipinski definition) is 1. The van der Waals surface area contributed by atoms with E-state index in [9.17, 15) is 0 Å². The molecule has 1 aliphatic rings. The fourth-order valence-corrected chi connectivity index (χ4v) is 3.41. The molecule has 0 fully saturated rings. The minimum Gasteiger partial charge on any atom is -0.295 e. The van der Waals surface area contributed by atoms with Crippen LogP contribution in [0.1, 0.15) is 30.4 Å². The fraction of sp³-hybridized carbons (Fsp3) is 0.364. The van der Waals surface area contributed by atoms with Gasteiger partial charge in [-0.25, -0.2) is 0 Å². The predicted molar refractivity (Wildman–Crippen MR) is 98.3 cm³/mol. The van der Waals surface area contributed by atoms with E-state index >= 15 is 0 Å². The Hall–Kier alpha value is -1.86. The minimum atomic E-state index is 0.725. The average Bonchev–Trinajstić information content (AvgIpc) is 2.61. The van der Waals surface area contributed by atoms with Gasteiger partial charge in [-0.1, -0.05) is 79.2 Å². The van der Waals surface area contributed by atoms with Crippen LogP contribution in [-0.2, 0) is 13.0 Å². The molecule has 0 aromatic heterocycles. The lowest BCUT2D eigenvalue weighted by atomic mass is 9.96. The molecule has 23 heavy (non-hydrogen) atoms. The van der Waals surface area contributed by atoms with Crippen molar-refractivity contribution in [2.75, 3.05) is 13.1 Å². The third kappa shape index (κ3) is 5.37. The van der Waals surface area contributed by atoms with E-state index in [2.05, 4.69) is 77.7 Å². The molecule has 1 heteroatoms. The first-order chi connectivity index (χ1) is 11.4. The van der Waals surface area contributed by atoms with Gasteiger partial charge in [0.05, 0.1) is 0 Å². The van der Waals surface area contributed by atoms with Crippen molar-refractivity contribution in [1.82, 2.24) is 4.90 Å². The molecule has 0 bridgehead atoms. The molecule has 0 radical (unpaired) electrons. The first kappa shape index (κ1) is 16.0. The van der Waals surface area contributed by atoms with Crippen molar-refractivity contribution in [3.63, 3.8) is 0 Å². The van der Waals surface area contributed by atoms with Gasteiger partial charge in [0.15, 0.2) is 0 Å². The third-order valence-corrected chi connectivity index (χ3v) is 4.65. The number of nitrogens with zero attached hydrogens (tertiary/aromatic N) is 1. The molecule has 3 rings (SSSR count). The van der Waals surface area contributed by atoms with Crippen LogP contribution in [0.25, 0.3) is 0 Å². The summed E-state index contributed by atoms with van der Waals surface area (Å²) in [6.45, 7) is 3.37. The van der Waals surface area contributed by atoms with Crippen LogP contribution in [0.4, 0.5) is 0 Å². The van der Waals surface area contributed by atoms with E-state index in [4.69, 9.17) is 0 Å². The van der Waals surface area contributed by atoms with Gasteiger partial charge >= 0.3 is 0 Å². The van der Waals surface area contributed by atoms with Crippen molar-refractivity contribution in [3.05, 3.63) is 83.9 Å². The number of benzene rings is 2. The SMILES string of the molecule is C1=C[C@@H](CCCCc2ccccc2)CN(Cc2ccccc2)C1. The van der Waals surface area contributed by atoms with Gasteiger partial charge in [0.25, 0.3) is 0 Å². The smallest absolute Gasteiger partial charge is 0.0237 e. The van der Waals surface area contributed by atoms with Crippen molar-refractivity contribution >= 4 is 0 Å². The Morgan fingerprint density at radius 2 is 1.52 bits per heavy atom. The average molecular weight is 305 g/mol. The molecule has 1 heterocycles. The van der Waals surface area contributed by atoms with E-state index in [1.807, 2.05) is 0 Å². The molecule has 1 nitrogen and oxygen atoms in total. The Balaban J connectivity index is 1.39. The third-order valence-electron chi connectivity index (χ3n) is 4.65. The maximum Gasteiger partial charge on any atom is 0.0237 e. The van der Waals surface area contributed by atoms with Gasteiger partial charge in [-0.15, -0.1) is 0 Å². The van der Waals surface area contributed by atoms with Crippen LogP contribution in [0.5, 0.6) is 0 Å². The highest BCUT2D eigenvalue weighted by atomic mass is 15.1. The lowest BCUT2D eigenvalue weighted by molar-refractivity contribution is 0.243. The van der Waals surface area contributed by atoms with Gasteiger partial charge in [0.1, 0.15) is 0 Å². The first-order valence-corrected chi connectivity index (χ1v) is 8.87. The summed E-state index contributed by atoms with van der Waals surface area (Å²) < 4.78 is 0. The summed E-state index contributed by atoms with van der Waals surface area (Å²) in [4.78, 5) is 2.57. The van der Waals surface area contributed by atoms with Crippen molar-refractivity contribution in [3.8, 4) is 0 Å². The molecular weight excluding hydrogens is 278 g/mol. The zero-order chi connectivity index (χ0) is 15.7. The Labute approximate surface area is 140 Å². The number of hydrogen-bond donors (Lipinski definition) is 0. The highest BCUT2D eigenvalue weighted by Gasteiger charge is 2.15. The van der Waals surface area contributed by atoms with E-state index in [1.54, 1.807) is 0 Å². The predicted octanol–water partition coefficient (Wildman–Crippen LogP) is 5.09. The minimum absolute atomic E-state index is 0.725. The van der Waals surface area contributed by atoms with Gasteiger partial charge in [-0.2, -0.15) is 0 Å². The quantitative estimate of drug-likeness (QED) is 0.509. The van der Waals surface area contributed by atoms with Gasteiger partial charge in [0, 0.05) is 19.6 Å². The van der Waals surface area contributed by atoms with Crippen LogP contribution in [0.15, 0.2) is 72.8 Å². The van der Waals surface area contributed by atoms with Crippen LogP contribution < -0.4 is 0 Å². The molecular formula is C22H27N. The monoisotopic (exact) mass is 305 g/mol. The lowest BCUT2D eigenvalue weighted by Crippen LogP contribution is -2.31. The van der Waals surface area contributed by atoms with Crippen LogP contribution in [0.2, 0.25) is 0 Å². The molecule has 2 aromatic carbocycles. The van der Waals surface area contributed by atoms with E-state index in [0.717, 1.165) is 19.0 Å². The fourth-order valence-electron chi connectivity index (χ4n) is 3.41. The summed E-state index contributed by atoms with van der Waals surface area (Å²) in [6.07, 6.45) is 9.94. The maximum atomic E-state index is 2.57. The van der Waals surface area contributed by atoms with E-state index in [-0.39, 0.29) is 0 Å². The second kappa shape index (κ2) is 8.69. The zero-order valence-corrected chi connectivity index (χ0v) is 13.9. The molecule has 1 atom stereocenters. The summed E-state index contributed by atoms with van der Waals surface area (Å²) in [5.41, 5.74) is 2.89. The second-order valence-electron chi connectivity index (χ2n) is 6.60. The van der Waals surface area contributed by atoms with Gasteiger partial charge < -0.3 is 0 Å². The van der Waals surface area contributed by atoms with Crippen LogP contribution in [0.3, 0.4) is 0 Å². The topological polar surface area (TPSA) is 3.24 Å². The largest absolute Gasteiger partial charge is 0.295 e. The van der Waals surface area contributed by atoms with Crippen molar-refractivity contribution < 1.29 is 0 Å². The molecule has 0 amide bonds. The van der Waals surface area contributed by atoms with Crippen LogP contribution in [0, 0.1) is 5.92 Å². The molecule has 0 N–H and O–H groups in total. The number of rotatable bonds is 7. The summed E-state index contributed by atoms with van der Waals surface area (Å²) in [5, 5.41) is 0. The zero-order valence-electron chi connectivity index (χ0n) is 13.9. The molecule has 0 aliphatic carbocycles. The van der Waals surface area contributed by atoms with Crippen LogP contribution in [-0.4, -0.2) is 18.0 Å². The maximum absolute atomic E-state index is 2.57. The van der Waals surface area contributed by atoms with Crippen LogP contribution >= 0.6 is 0 Å². The molecule has 120 valence electrons. The van der Waals surface area contributed by atoms with E-state index in [1.165, 1.54) is 43.4 Å².